The van der Waals surface area contributed by atoms with Gasteiger partial charge in [0, 0.05) is 18.0 Å². The molecule has 3 rings (SSSR count). The second-order valence-corrected chi connectivity index (χ2v) is 6.63. The summed E-state index contributed by atoms with van der Waals surface area (Å²) in [5.41, 5.74) is 6.04. The Morgan fingerprint density at radius 1 is 1.50 bits per heavy atom. The molecule has 1 aromatic heterocycles. The lowest BCUT2D eigenvalue weighted by Crippen LogP contribution is -2.55. The van der Waals surface area contributed by atoms with Gasteiger partial charge in [0.2, 0.25) is 5.91 Å². The van der Waals surface area contributed by atoms with Gasteiger partial charge in [-0.3, -0.25) is 4.79 Å². The summed E-state index contributed by atoms with van der Waals surface area (Å²) in [4.78, 5) is 27.0. The van der Waals surface area contributed by atoms with Gasteiger partial charge in [0.15, 0.2) is 6.04 Å². The molecule has 0 saturated heterocycles. The van der Waals surface area contributed by atoms with Gasteiger partial charge in [0.25, 0.3) is 0 Å². The molecule has 1 amide bonds. The average Bonchev–Trinajstić information content (AvgIpc) is 2.84. The van der Waals surface area contributed by atoms with Crippen molar-refractivity contribution in [1.82, 2.24) is 4.90 Å². The molecule has 20 heavy (non-hydrogen) atoms. The first-order valence-electron chi connectivity index (χ1n) is 6.89. The number of amides is 1. The van der Waals surface area contributed by atoms with Gasteiger partial charge in [-0.25, -0.2) is 4.79 Å². The lowest BCUT2D eigenvalue weighted by molar-refractivity contribution is -0.159. The maximum Gasteiger partial charge on any atom is 0.331 e. The predicted molar refractivity (Wildman–Crippen MR) is 75.5 cm³/mol. The van der Waals surface area contributed by atoms with Crippen LogP contribution in [0.15, 0.2) is 11.4 Å². The second-order valence-electron chi connectivity index (χ2n) is 5.63. The van der Waals surface area contributed by atoms with E-state index in [0.29, 0.717) is 13.1 Å². The Balaban J connectivity index is 1.93. The van der Waals surface area contributed by atoms with Crippen molar-refractivity contribution < 1.29 is 14.7 Å². The number of carbonyl (C=O) groups is 2. The molecule has 5 nitrogen and oxygen atoms in total. The third-order valence-corrected chi connectivity index (χ3v) is 5.61. The van der Waals surface area contributed by atoms with Crippen molar-refractivity contribution in [2.24, 2.45) is 11.1 Å². The number of thiophene rings is 1. The molecule has 1 saturated carbocycles. The summed E-state index contributed by atoms with van der Waals surface area (Å²) in [6.45, 7) is 0.788. The van der Waals surface area contributed by atoms with Crippen LogP contribution in [0.5, 0.6) is 0 Å². The van der Waals surface area contributed by atoms with Gasteiger partial charge in [-0.05, 0) is 36.3 Å². The smallest absolute Gasteiger partial charge is 0.331 e. The molecule has 0 spiro atoms. The van der Waals surface area contributed by atoms with E-state index in [1.165, 1.54) is 4.90 Å². The zero-order valence-electron chi connectivity index (χ0n) is 11.2. The fourth-order valence-electron chi connectivity index (χ4n) is 3.21. The van der Waals surface area contributed by atoms with Gasteiger partial charge in [0.05, 0.1) is 5.41 Å². The molecule has 1 aliphatic heterocycles. The van der Waals surface area contributed by atoms with Gasteiger partial charge < -0.3 is 15.7 Å². The lowest BCUT2D eigenvalue weighted by atomic mass is 9.67. The summed E-state index contributed by atoms with van der Waals surface area (Å²) in [7, 11) is 0. The quantitative estimate of drug-likeness (QED) is 0.882. The van der Waals surface area contributed by atoms with Gasteiger partial charge in [0.1, 0.15) is 0 Å². The Bertz CT molecular complexity index is 545. The van der Waals surface area contributed by atoms with E-state index in [9.17, 15) is 14.7 Å². The Morgan fingerprint density at radius 3 is 2.80 bits per heavy atom. The van der Waals surface area contributed by atoms with Crippen molar-refractivity contribution in [3.63, 3.8) is 0 Å². The fourth-order valence-corrected chi connectivity index (χ4v) is 4.12. The van der Waals surface area contributed by atoms with Crippen molar-refractivity contribution in [2.75, 3.05) is 13.1 Å². The summed E-state index contributed by atoms with van der Waals surface area (Å²) in [6.07, 6.45) is 3.30. The van der Waals surface area contributed by atoms with Gasteiger partial charge >= 0.3 is 5.97 Å². The third kappa shape index (κ3) is 1.86. The number of hydrogen-bond acceptors (Lipinski definition) is 4. The van der Waals surface area contributed by atoms with Crippen LogP contribution in [0.1, 0.15) is 35.7 Å². The fraction of sp³-hybridized carbons (Fsp3) is 0.571. The first kappa shape index (κ1) is 13.6. The first-order chi connectivity index (χ1) is 9.59. The highest BCUT2D eigenvalue weighted by atomic mass is 32.1. The van der Waals surface area contributed by atoms with Crippen LogP contribution in [-0.2, 0) is 16.0 Å². The molecule has 1 aliphatic carbocycles. The minimum absolute atomic E-state index is 0.0736. The number of carboxylic acids is 1. The van der Waals surface area contributed by atoms with Crippen LogP contribution in [0.2, 0.25) is 0 Å². The Labute approximate surface area is 121 Å². The molecule has 0 radical (unpaired) electrons. The summed E-state index contributed by atoms with van der Waals surface area (Å²) >= 11 is 1.57. The Morgan fingerprint density at radius 2 is 2.25 bits per heavy atom. The largest absolute Gasteiger partial charge is 0.479 e. The maximum atomic E-state index is 12.8. The zero-order valence-corrected chi connectivity index (χ0v) is 12.0. The molecule has 1 aromatic rings. The monoisotopic (exact) mass is 294 g/mol. The van der Waals surface area contributed by atoms with Crippen LogP contribution in [0, 0.1) is 5.41 Å². The van der Waals surface area contributed by atoms with Crippen molar-refractivity contribution in [2.45, 2.75) is 31.7 Å². The molecule has 0 bridgehead atoms. The lowest BCUT2D eigenvalue weighted by Gasteiger charge is -2.45. The Kier molecular flexibility index (Phi) is 3.30. The summed E-state index contributed by atoms with van der Waals surface area (Å²) < 4.78 is 0. The molecular weight excluding hydrogens is 276 g/mol. The van der Waals surface area contributed by atoms with E-state index in [2.05, 4.69) is 0 Å². The highest BCUT2D eigenvalue weighted by Crippen LogP contribution is 2.44. The van der Waals surface area contributed by atoms with E-state index in [4.69, 9.17) is 5.73 Å². The van der Waals surface area contributed by atoms with Crippen LogP contribution in [0.4, 0.5) is 0 Å². The molecule has 1 fully saturated rings. The number of rotatable bonds is 3. The predicted octanol–water partition coefficient (Wildman–Crippen LogP) is 1.39. The van der Waals surface area contributed by atoms with E-state index in [1.807, 2.05) is 11.4 Å². The highest BCUT2D eigenvalue weighted by molar-refractivity contribution is 7.10. The van der Waals surface area contributed by atoms with Crippen LogP contribution in [-0.4, -0.2) is 35.0 Å². The van der Waals surface area contributed by atoms with E-state index < -0.39 is 17.4 Å². The molecule has 1 unspecified atom stereocenters. The summed E-state index contributed by atoms with van der Waals surface area (Å²) in [5.74, 6) is -1.03. The van der Waals surface area contributed by atoms with Gasteiger partial charge in [-0.1, -0.05) is 6.42 Å². The topological polar surface area (TPSA) is 83.6 Å². The van der Waals surface area contributed by atoms with Crippen molar-refractivity contribution >= 4 is 23.2 Å². The minimum Gasteiger partial charge on any atom is -0.479 e. The summed E-state index contributed by atoms with van der Waals surface area (Å²) in [6, 6.07) is 0.982. The molecule has 2 aliphatic rings. The number of carbonyl (C=O) groups excluding carboxylic acids is 1. The molecule has 2 heterocycles. The normalized spacial score (nSPS) is 23.9. The van der Waals surface area contributed by atoms with Crippen molar-refractivity contribution in [3.8, 4) is 0 Å². The van der Waals surface area contributed by atoms with Gasteiger partial charge in [-0.15, -0.1) is 11.3 Å². The number of carboxylic acid groups (broad SMARTS) is 1. The standard InChI is InChI=1S/C14H18N2O3S/c15-8-14(4-1-5-14)13(19)16-6-2-10-9(3-7-20-10)11(16)12(17)18/h3,7,11H,1-2,4-6,8,15H2,(H,17,18). The number of fused-ring (bicyclic) bond motifs is 1. The minimum atomic E-state index is -0.954. The van der Waals surface area contributed by atoms with E-state index in [1.54, 1.807) is 11.3 Å². The van der Waals surface area contributed by atoms with Crippen LogP contribution in [0.3, 0.4) is 0 Å². The van der Waals surface area contributed by atoms with Crippen LogP contribution >= 0.6 is 11.3 Å². The molecule has 6 heteroatoms. The number of nitrogens with zero attached hydrogens (tertiary/aromatic N) is 1. The third-order valence-electron chi connectivity index (χ3n) is 4.62. The first-order valence-corrected chi connectivity index (χ1v) is 7.77. The van der Waals surface area contributed by atoms with Crippen LogP contribution in [0.25, 0.3) is 0 Å². The van der Waals surface area contributed by atoms with Crippen LogP contribution < -0.4 is 5.73 Å². The molecule has 3 N–H and O–H groups in total. The number of nitrogens with two attached hydrogens (primary N) is 1. The Hall–Kier alpha value is -1.40. The van der Waals surface area contributed by atoms with Crippen molar-refractivity contribution in [1.29, 1.82) is 0 Å². The molecule has 0 aromatic carbocycles. The number of aliphatic carboxylic acids is 1. The maximum absolute atomic E-state index is 12.8. The SMILES string of the molecule is NCC1(C(=O)N2CCc3sccc3C2C(=O)O)CCC1. The molecule has 1 atom stereocenters. The molecular formula is C14H18N2O3S. The zero-order chi connectivity index (χ0) is 14.3. The highest BCUT2D eigenvalue weighted by Gasteiger charge is 2.49. The van der Waals surface area contributed by atoms with Crippen molar-refractivity contribution in [3.05, 3.63) is 21.9 Å². The van der Waals surface area contributed by atoms with Gasteiger partial charge in [-0.2, -0.15) is 0 Å². The summed E-state index contributed by atoms with van der Waals surface area (Å²) in [5, 5.41) is 11.4. The van der Waals surface area contributed by atoms with E-state index in [-0.39, 0.29) is 5.91 Å². The van der Waals surface area contributed by atoms with E-state index >= 15 is 0 Å². The molecule has 108 valence electrons. The number of hydrogen-bond donors (Lipinski definition) is 2. The van der Waals surface area contributed by atoms with E-state index in [0.717, 1.165) is 36.1 Å². The second kappa shape index (κ2) is 4.86. The average molecular weight is 294 g/mol.